The normalized spacial score (nSPS) is 33.4. The van der Waals surface area contributed by atoms with Gasteiger partial charge in [0.1, 0.15) is 4.32 Å². The Morgan fingerprint density at radius 3 is 2.67 bits per heavy atom. The highest BCUT2D eigenvalue weighted by molar-refractivity contribution is 8.26. The molecule has 3 aliphatic rings. The van der Waals surface area contributed by atoms with Crippen LogP contribution in [-0.2, 0) is 4.79 Å². The van der Waals surface area contributed by atoms with E-state index in [4.69, 9.17) is 12.2 Å². The van der Waals surface area contributed by atoms with Gasteiger partial charge in [-0.25, -0.2) is 0 Å². The van der Waals surface area contributed by atoms with Gasteiger partial charge in [-0.1, -0.05) is 60.7 Å². The molecule has 108 valence electrons. The van der Waals surface area contributed by atoms with Crippen molar-refractivity contribution in [2.75, 3.05) is 0 Å². The number of rotatable bonds is 2. The summed E-state index contributed by atoms with van der Waals surface area (Å²) in [5, 5.41) is 0. The third kappa shape index (κ3) is 2.34. The van der Waals surface area contributed by atoms with Crippen LogP contribution in [0.25, 0.3) is 6.08 Å². The number of amides is 1. The average Bonchev–Trinajstić information content (AvgIpc) is 3.16. The molecule has 2 bridgehead atoms. The van der Waals surface area contributed by atoms with Crippen molar-refractivity contribution in [3.05, 3.63) is 40.8 Å². The number of thiocarbonyl (C=S) groups is 1. The largest absolute Gasteiger partial charge is 0.289 e. The smallest absolute Gasteiger partial charge is 0.266 e. The van der Waals surface area contributed by atoms with Crippen molar-refractivity contribution in [1.29, 1.82) is 0 Å². The second kappa shape index (κ2) is 5.25. The lowest BCUT2D eigenvalue weighted by atomic mass is 9.94. The molecule has 1 aliphatic heterocycles. The van der Waals surface area contributed by atoms with Crippen LogP contribution in [0.1, 0.15) is 31.2 Å². The summed E-state index contributed by atoms with van der Waals surface area (Å²) in [4.78, 5) is 15.4. The van der Waals surface area contributed by atoms with Gasteiger partial charge in [-0.2, -0.15) is 0 Å². The first-order chi connectivity index (χ1) is 10.2. The van der Waals surface area contributed by atoms with Crippen LogP contribution in [0.5, 0.6) is 0 Å². The average molecular weight is 315 g/mol. The predicted octanol–water partition coefficient (Wildman–Crippen LogP) is 4.08. The van der Waals surface area contributed by atoms with E-state index in [2.05, 4.69) is 0 Å². The number of hydrogen-bond donors (Lipinski definition) is 0. The van der Waals surface area contributed by atoms with Gasteiger partial charge in [0.2, 0.25) is 0 Å². The van der Waals surface area contributed by atoms with Crippen LogP contribution in [0, 0.1) is 11.8 Å². The number of fused-ring (bicyclic) bond motifs is 2. The number of hydrogen-bond acceptors (Lipinski definition) is 3. The number of carbonyl (C=O) groups is 1. The van der Waals surface area contributed by atoms with E-state index in [0.29, 0.717) is 12.0 Å². The molecule has 4 heteroatoms. The monoisotopic (exact) mass is 315 g/mol. The van der Waals surface area contributed by atoms with Crippen LogP contribution in [-0.4, -0.2) is 21.2 Å². The summed E-state index contributed by atoms with van der Waals surface area (Å²) in [6, 6.07) is 10.4. The van der Waals surface area contributed by atoms with Gasteiger partial charge in [0.15, 0.2) is 0 Å². The van der Waals surface area contributed by atoms with E-state index in [-0.39, 0.29) is 5.91 Å². The quantitative estimate of drug-likeness (QED) is 0.606. The molecule has 3 atom stereocenters. The number of thioether (sulfide) groups is 1. The maximum Gasteiger partial charge on any atom is 0.266 e. The highest BCUT2D eigenvalue weighted by Crippen LogP contribution is 2.49. The number of benzene rings is 1. The van der Waals surface area contributed by atoms with Crippen molar-refractivity contribution in [1.82, 2.24) is 4.90 Å². The minimum atomic E-state index is 0.117. The van der Waals surface area contributed by atoms with Crippen molar-refractivity contribution >= 4 is 40.3 Å². The molecule has 1 aromatic carbocycles. The van der Waals surface area contributed by atoms with E-state index in [1.54, 1.807) is 0 Å². The van der Waals surface area contributed by atoms with Gasteiger partial charge in [0, 0.05) is 6.04 Å². The first-order valence-corrected chi connectivity index (χ1v) is 8.77. The summed E-state index contributed by atoms with van der Waals surface area (Å²) < 4.78 is 0.750. The van der Waals surface area contributed by atoms with Crippen molar-refractivity contribution in [3.8, 4) is 0 Å². The molecule has 0 aromatic heterocycles. The Morgan fingerprint density at radius 2 is 2.00 bits per heavy atom. The topological polar surface area (TPSA) is 20.3 Å². The minimum Gasteiger partial charge on any atom is -0.289 e. The van der Waals surface area contributed by atoms with E-state index in [9.17, 15) is 4.79 Å². The molecular formula is C17H17NOS2. The van der Waals surface area contributed by atoms with Crippen molar-refractivity contribution in [3.63, 3.8) is 0 Å². The van der Waals surface area contributed by atoms with Crippen LogP contribution in [0.2, 0.25) is 0 Å². The van der Waals surface area contributed by atoms with E-state index in [0.717, 1.165) is 27.1 Å². The standard InChI is InChI=1S/C17H17NOS2/c19-16-15(10-11-4-2-1-3-5-11)21-17(20)18(16)14-9-12-6-7-13(14)8-12/h1-5,10,12-14H,6-9H2. The predicted molar refractivity (Wildman–Crippen MR) is 90.7 cm³/mol. The molecule has 1 aromatic rings. The van der Waals surface area contributed by atoms with E-state index in [1.165, 1.54) is 31.0 Å². The Hall–Kier alpha value is -1.13. The third-order valence-corrected chi connectivity index (χ3v) is 6.28. The Labute approximate surface area is 134 Å². The van der Waals surface area contributed by atoms with Gasteiger partial charge in [-0.05, 0) is 42.7 Å². The Kier molecular flexibility index (Phi) is 3.38. The molecule has 0 N–H and O–H groups in total. The van der Waals surface area contributed by atoms with E-state index < -0.39 is 0 Å². The van der Waals surface area contributed by atoms with Gasteiger partial charge in [0.25, 0.3) is 5.91 Å². The van der Waals surface area contributed by atoms with E-state index >= 15 is 0 Å². The summed E-state index contributed by atoms with van der Waals surface area (Å²) in [7, 11) is 0. The van der Waals surface area contributed by atoms with Gasteiger partial charge >= 0.3 is 0 Å². The Balaban J connectivity index is 1.59. The summed E-state index contributed by atoms with van der Waals surface area (Å²) >= 11 is 6.95. The maximum absolute atomic E-state index is 12.7. The highest BCUT2D eigenvalue weighted by atomic mass is 32.2. The highest BCUT2D eigenvalue weighted by Gasteiger charge is 2.47. The summed E-state index contributed by atoms with van der Waals surface area (Å²) in [5.74, 6) is 1.61. The van der Waals surface area contributed by atoms with Gasteiger partial charge in [-0.15, -0.1) is 0 Å². The minimum absolute atomic E-state index is 0.117. The molecule has 3 unspecified atom stereocenters. The molecule has 1 heterocycles. The molecule has 1 amide bonds. The molecule has 2 nitrogen and oxygen atoms in total. The lowest BCUT2D eigenvalue weighted by molar-refractivity contribution is -0.124. The van der Waals surface area contributed by atoms with Crippen LogP contribution in [0.4, 0.5) is 0 Å². The fraction of sp³-hybridized carbons (Fsp3) is 0.412. The van der Waals surface area contributed by atoms with Crippen LogP contribution < -0.4 is 0 Å². The van der Waals surface area contributed by atoms with Crippen LogP contribution in [0.3, 0.4) is 0 Å². The SMILES string of the molecule is O=C1C(=Cc2ccccc2)SC(=S)N1C1CC2CCC1C2. The zero-order valence-corrected chi connectivity index (χ0v) is 13.3. The van der Waals surface area contributed by atoms with Crippen molar-refractivity contribution in [2.24, 2.45) is 11.8 Å². The zero-order chi connectivity index (χ0) is 14.4. The van der Waals surface area contributed by atoms with E-state index in [1.807, 2.05) is 41.3 Å². The van der Waals surface area contributed by atoms with Crippen molar-refractivity contribution < 1.29 is 4.79 Å². The molecule has 0 radical (unpaired) electrons. The molecule has 1 saturated heterocycles. The second-order valence-electron chi connectivity index (χ2n) is 6.20. The second-order valence-corrected chi connectivity index (χ2v) is 7.88. The molecule has 21 heavy (non-hydrogen) atoms. The van der Waals surface area contributed by atoms with Crippen LogP contribution >= 0.6 is 24.0 Å². The van der Waals surface area contributed by atoms with Gasteiger partial charge < -0.3 is 0 Å². The molecule has 3 fully saturated rings. The Bertz CT molecular complexity index is 625. The summed E-state index contributed by atoms with van der Waals surface area (Å²) in [5.41, 5.74) is 1.06. The molecule has 0 spiro atoms. The molecule has 4 rings (SSSR count). The molecule has 2 saturated carbocycles. The first kappa shape index (κ1) is 13.5. The number of carbonyl (C=O) groups excluding carboxylic acids is 1. The Morgan fingerprint density at radius 1 is 1.19 bits per heavy atom. The lowest BCUT2D eigenvalue weighted by Gasteiger charge is -2.30. The first-order valence-electron chi connectivity index (χ1n) is 7.54. The molecule has 2 aliphatic carbocycles. The summed E-state index contributed by atoms with van der Waals surface area (Å²) in [6.45, 7) is 0. The fourth-order valence-corrected chi connectivity index (χ4v) is 5.37. The lowest BCUT2D eigenvalue weighted by Crippen LogP contribution is -2.41. The summed E-state index contributed by atoms with van der Waals surface area (Å²) in [6.07, 6.45) is 7.02. The number of nitrogens with zero attached hydrogens (tertiary/aromatic N) is 1. The fourth-order valence-electron chi connectivity index (χ4n) is 3.99. The van der Waals surface area contributed by atoms with Gasteiger partial charge in [0.05, 0.1) is 4.91 Å². The molecular weight excluding hydrogens is 298 g/mol. The van der Waals surface area contributed by atoms with Gasteiger partial charge in [-0.3, -0.25) is 9.69 Å². The van der Waals surface area contributed by atoms with Crippen molar-refractivity contribution in [2.45, 2.75) is 31.7 Å². The van der Waals surface area contributed by atoms with Crippen LogP contribution in [0.15, 0.2) is 35.2 Å². The zero-order valence-electron chi connectivity index (χ0n) is 11.7. The third-order valence-electron chi connectivity index (χ3n) is 4.95. The maximum atomic E-state index is 12.7.